The molecule has 0 aromatic heterocycles. The Labute approximate surface area is 143 Å². The summed E-state index contributed by atoms with van der Waals surface area (Å²) in [6.07, 6.45) is 0.565. The van der Waals surface area contributed by atoms with E-state index < -0.39 is 9.84 Å². The van der Waals surface area contributed by atoms with Crippen LogP contribution < -0.4 is 0 Å². The second-order valence-electron chi connectivity index (χ2n) is 6.25. The molecule has 6 heteroatoms. The number of rotatable bonds is 6. The van der Waals surface area contributed by atoms with Crippen LogP contribution in [0.4, 0.5) is 0 Å². The topological polar surface area (TPSA) is 54.5 Å². The Kier molecular flexibility index (Phi) is 6.14. The van der Waals surface area contributed by atoms with Crippen LogP contribution in [0.15, 0.2) is 29.2 Å². The maximum atomic E-state index is 12.4. The molecule has 1 aromatic rings. The summed E-state index contributed by atoms with van der Waals surface area (Å²) in [7, 11) is -2.96. The molecule has 1 unspecified atom stereocenters. The minimum atomic E-state index is -2.96. The van der Waals surface area contributed by atoms with Gasteiger partial charge in [-0.1, -0.05) is 26.0 Å². The molecule has 1 fully saturated rings. The molecule has 1 aromatic carbocycles. The fourth-order valence-electron chi connectivity index (χ4n) is 2.84. The zero-order valence-electron chi connectivity index (χ0n) is 14.0. The SMILES string of the molecule is CCN(C(=O)CSc1ccc(C(C)C)cc1)C1CCS(=O)(=O)C1. The molecule has 1 aliphatic heterocycles. The average molecular weight is 356 g/mol. The van der Waals surface area contributed by atoms with Gasteiger partial charge in [0.05, 0.1) is 17.3 Å². The first-order chi connectivity index (χ1) is 10.8. The number of benzene rings is 1. The smallest absolute Gasteiger partial charge is 0.233 e. The van der Waals surface area contributed by atoms with Crippen LogP contribution in [0, 0.1) is 0 Å². The van der Waals surface area contributed by atoms with E-state index in [1.54, 1.807) is 4.90 Å². The second kappa shape index (κ2) is 7.71. The van der Waals surface area contributed by atoms with E-state index in [0.717, 1.165) is 4.90 Å². The predicted molar refractivity (Wildman–Crippen MR) is 95.7 cm³/mol. The summed E-state index contributed by atoms with van der Waals surface area (Å²) >= 11 is 1.51. The van der Waals surface area contributed by atoms with E-state index in [1.807, 2.05) is 19.1 Å². The molecule has 0 saturated carbocycles. The largest absolute Gasteiger partial charge is 0.338 e. The van der Waals surface area contributed by atoms with E-state index in [0.29, 0.717) is 24.6 Å². The van der Waals surface area contributed by atoms with Crippen LogP contribution >= 0.6 is 11.8 Å². The third-order valence-electron chi connectivity index (χ3n) is 4.22. The molecule has 1 aliphatic rings. The molecular formula is C17H25NO3S2. The minimum Gasteiger partial charge on any atom is -0.338 e. The van der Waals surface area contributed by atoms with Crippen molar-refractivity contribution in [3.63, 3.8) is 0 Å². The normalized spacial score (nSPS) is 19.9. The molecule has 1 amide bonds. The second-order valence-corrected chi connectivity index (χ2v) is 9.53. The van der Waals surface area contributed by atoms with Gasteiger partial charge in [-0.05, 0) is 37.0 Å². The maximum absolute atomic E-state index is 12.4. The molecule has 0 bridgehead atoms. The van der Waals surface area contributed by atoms with Gasteiger partial charge in [-0.25, -0.2) is 8.42 Å². The highest BCUT2D eigenvalue weighted by Crippen LogP contribution is 2.24. The van der Waals surface area contributed by atoms with Gasteiger partial charge in [0.2, 0.25) is 5.91 Å². The Hall–Kier alpha value is -1.01. The number of nitrogens with zero attached hydrogens (tertiary/aromatic N) is 1. The molecule has 23 heavy (non-hydrogen) atoms. The quantitative estimate of drug-likeness (QED) is 0.736. The zero-order valence-corrected chi connectivity index (χ0v) is 15.6. The first-order valence-electron chi connectivity index (χ1n) is 8.05. The van der Waals surface area contributed by atoms with Crippen molar-refractivity contribution in [3.8, 4) is 0 Å². The van der Waals surface area contributed by atoms with Crippen molar-refractivity contribution in [2.75, 3.05) is 23.8 Å². The van der Waals surface area contributed by atoms with Crippen molar-refractivity contribution < 1.29 is 13.2 Å². The van der Waals surface area contributed by atoms with E-state index in [4.69, 9.17) is 0 Å². The molecule has 128 valence electrons. The van der Waals surface area contributed by atoms with Gasteiger partial charge in [-0.3, -0.25) is 4.79 Å². The van der Waals surface area contributed by atoms with Crippen molar-refractivity contribution in [3.05, 3.63) is 29.8 Å². The minimum absolute atomic E-state index is 0.0209. The van der Waals surface area contributed by atoms with Crippen LogP contribution in [-0.4, -0.2) is 49.1 Å². The van der Waals surface area contributed by atoms with Gasteiger partial charge in [-0.15, -0.1) is 11.8 Å². The van der Waals surface area contributed by atoms with Gasteiger partial charge in [0.25, 0.3) is 0 Å². The fourth-order valence-corrected chi connectivity index (χ4v) is 5.35. The third-order valence-corrected chi connectivity index (χ3v) is 6.97. The molecule has 1 heterocycles. The number of hydrogen-bond donors (Lipinski definition) is 0. The van der Waals surface area contributed by atoms with Gasteiger partial charge in [0, 0.05) is 17.5 Å². The zero-order chi connectivity index (χ0) is 17.0. The summed E-state index contributed by atoms with van der Waals surface area (Å²) in [4.78, 5) is 15.2. The number of sulfone groups is 1. The number of carbonyl (C=O) groups excluding carboxylic acids is 1. The Balaban J connectivity index is 1.92. The van der Waals surface area contributed by atoms with E-state index in [9.17, 15) is 13.2 Å². The standard InChI is InChI=1S/C17H25NO3S2/c1-4-18(15-9-10-23(20,21)12-15)17(19)11-22-16-7-5-14(6-8-16)13(2)3/h5-8,13,15H,4,9-12H2,1-3H3. The van der Waals surface area contributed by atoms with Crippen LogP contribution in [0.3, 0.4) is 0 Å². The molecule has 4 nitrogen and oxygen atoms in total. The molecule has 0 radical (unpaired) electrons. The number of carbonyl (C=O) groups is 1. The van der Waals surface area contributed by atoms with Gasteiger partial charge in [-0.2, -0.15) is 0 Å². The number of amides is 1. The molecule has 0 N–H and O–H groups in total. The van der Waals surface area contributed by atoms with Gasteiger partial charge >= 0.3 is 0 Å². The lowest BCUT2D eigenvalue weighted by atomic mass is 10.0. The van der Waals surface area contributed by atoms with Crippen LogP contribution in [0.1, 0.15) is 38.7 Å². The maximum Gasteiger partial charge on any atom is 0.233 e. The van der Waals surface area contributed by atoms with E-state index in [-0.39, 0.29) is 23.5 Å². The van der Waals surface area contributed by atoms with Gasteiger partial charge < -0.3 is 4.90 Å². The summed E-state index contributed by atoms with van der Waals surface area (Å²) in [5, 5.41) is 0. The summed E-state index contributed by atoms with van der Waals surface area (Å²) in [6.45, 7) is 6.78. The first-order valence-corrected chi connectivity index (χ1v) is 10.9. The summed E-state index contributed by atoms with van der Waals surface area (Å²) in [5.74, 6) is 1.18. The summed E-state index contributed by atoms with van der Waals surface area (Å²) < 4.78 is 23.2. The van der Waals surface area contributed by atoms with Crippen molar-refractivity contribution in [2.24, 2.45) is 0 Å². The highest BCUT2D eigenvalue weighted by molar-refractivity contribution is 8.00. The monoisotopic (exact) mass is 355 g/mol. The highest BCUT2D eigenvalue weighted by Gasteiger charge is 2.33. The first kappa shape index (κ1) is 18.3. The lowest BCUT2D eigenvalue weighted by Crippen LogP contribution is -2.41. The highest BCUT2D eigenvalue weighted by atomic mass is 32.2. The van der Waals surface area contributed by atoms with E-state index in [1.165, 1.54) is 17.3 Å². The van der Waals surface area contributed by atoms with Gasteiger partial charge in [0.15, 0.2) is 9.84 Å². The molecule has 0 spiro atoms. The molecule has 0 aliphatic carbocycles. The van der Waals surface area contributed by atoms with Crippen molar-refractivity contribution in [2.45, 2.75) is 44.0 Å². The Bertz CT molecular complexity index is 638. The molecule has 1 saturated heterocycles. The molecule has 1 atom stereocenters. The average Bonchev–Trinajstić information content (AvgIpc) is 2.86. The summed E-state index contributed by atoms with van der Waals surface area (Å²) in [5.41, 5.74) is 1.28. The number of thioether (sulfide) groups is 1. The van der Waals surface area contributed by atoms with E-state index in [2.05, 4.69) is 26.0 Å². The number of hydrogen-bond acceptors (Lipinski definition) is 4. The van der Waals surface area contributed by atoms with Crippen LogP contribution in [0.5, 0.6) is 0 Å². The van der Waals surface area contributed by atoms with Crippen molar-refractivity contribution in [1.29, 1.82) is 0 Å². The Morgan fingerprint density at radius 3 is 2.43 bits per heavy atom. The summed E-state index contributed by atoms with van der Waals surface area (Å²) in [6, 6.07) is 8.13. The lowest BCUT2D eigenvalue weighted by Gasteiger charge is -2.26. The van der Waals surface area contributed by atoms with Crippen LogP contribution in [0.25, 0.3) is 0 Å². The Morgan fingerprint density at radius 2 is 1.96 bits per heavy atom. The molecule has 2 rings (SSSR count). The van der Waals surface area contributed by atoms with Crippen LogP contribution in [0.2, 0.25) is 0 Å². The van der Waals surface area contributed by atoms with Gasteiger partial charge in [0.1, 0.15) is 0 Å². The van der Waals surface area contributed by atoms with E-state index >= 15 is 0 Å². The van der Waals surface area contributed by atoms with Crippen LogP contribution in [-0.2, 0) is 14.6 Å². The Morgan fingerprint density at radius 1 is 1.30 bits per heavy atom. The van der Waals surface area contributed by atoms with Crippen molar-refractivity contribution >= 4 is 27.5 Å². The fraction of sp³-hybridized carbons (Fsp3) is 0.588. The molecular weight excluding hydrogens is 330 g/mol. The predicted octanol–water partition coefficient (Wildman–Crippen LogP) is 2.94. The van der Waals surface area contributed by atoms with Crippen molar-refractivity contribution in [1.82, 2.24) is 4.90 Å². The lowest BCUT2D eigenvalue weighted by molar-refractivity contribution is -0.129. The third kappa shape index (κ3) is 4.98.